The quantitative estimate of drug-likeness (QED) is 0.0703. The molecule has 332 valence electrons. The van der Waals surface area contributed by atoms with Gasteiger partial charge in [0.2, 0.25) is 0 Å². The van der Waals surface area contributed by atoms with Crippen molar-refractivity contribution in [2.75, 3.05) is 0 Å². The number of aliphatic hydroxyl groups excluding tert-OH is 4. The molecule has 0 aromatic heterocycles. The summed E-state index contributed by atoms with van der Waals surface area (Å²) in [6.45, 7) is 20.5. The minimum Gasteiger partial charge on any atom is -0.479 e. The Morgan fingerprint density at radius 3 is 1.51 bits per heavy atom. The number of carboxylic acid groups (broad SMARTS) is 1. The van der Waals surface area contributed by atoms with Gasteiger partial charge in [-0.15, -0.1) is 0 Å². The zero-order chi connectivity index (χ0) is 46.4. The number of ketones is 2. The topological polar surface area (TPSA) is 205 Å². The molecule has 2 aliphatic rings. The Morgan fingerprint density at radius 2 is 1.03 bits per heavy atom. The lowest BCUT2D eigenvalue weighted by atomic mass is 9.71. The van der Waals surface area contributed by atoms with Crippen LogP contribution in [-0.4, -0.2) is 91.6 Å². The molecule has 0 saturated heterocycles. The maximum atomic E-state index is 13.1. The van der Waals surface area contributed by atoms with Gasteiger partial charge < -0.3 is 35.0 Å². The number of aliphatic hydroxyl groups is 4. The number of ether oxygens (including phenoxy) is 2. The van der Waals surface area contributed by atoms with Crippen LogP contribution in [0.15, 0.2) is 130 Å². The molecule has 0 aromatic rings. The summed E-state index contributed by atoms with van der Waals surface area (Å²) in [6.07, 6.45) is 18.6. The lowest BCUT2D eigenvalue weighted by molar-refractivity contribution is -0.174. The molecule has 2 aliphatic carbocycles. The molecule has 0 spiro atoms. The first-order valence-electron chi connectivity index (χ1n) is 20.2. The summed E-state index contributed by atoms with van der Waals surface area (Å²) in [5.41, 5.74) is 6.50. The van der Waals surface area contributed by atoms with Gasteiger partial charge in [-0.1, -0.05) is 141 Å². The molecule has 2 rings (SSSR count). The number of hydrogen-bond donors (Lipinski definition) is 5. The molecule has 6 unspecified atom stereocenters. The van der Waals surface area contributed by atoms with Crippen LogP contribution in [0, 0.1) is 10.8 Å². The highest BCUT2D eigenvalue weighted by Gasteiger charge is 2.42. The number of carbonyl (C=O) groups is 5. The van der Waals surface area contributed by atoms with Gasteiger partial charge in [-0.3, -0.25) is 9.59 Å². The van der Waals surface area contributed by atoms with Gasteiger partial charge in [0.05, 0.1) is 0 Å². The van der Waals surface area contributed by atoms with Gasteiger partial charge in [-0.25, -0.2) is 14.4 Å². The monoisotopic (exact) mass is 844 g/mol. The van der Waals surface area contributed by atoms with E-state index in [1.54, 1.807) is 6.92 Å². The van der Waals surface area contributed by atoms with Crippen molar-refractivity contribution in [1.29, 1.82) is 0 Å². The fraction of sp³-hybridized carbons (Fsp3) is 0.449. The molecule has 12 heteroatoms. The average molecular weight is 845 g/mol. The Labute approximate surface area is 360 Å². The largest absolute Gasteiger partial charge is 0.479 e. The van der Waals surface area contributed by atoms with E-state index >= 15 is 0 Å². The van der Waals surface area contributed by atoms with Crippen LogP contribution in [0.4, 0.5) is 0 Å². The van der Waals surface area contributed by atoms with Crippen molar-refractivity contribution in [2.24, 2.45) is 10.8 Å². The SMILES string of the molecule is CC(=O)C(O)C(O)C(=O)OC1CC(C)(C)C(/C=C/C(C)=C/C=C/C(C)=C/C=C/C=C(C)/C=C/C=C(C)/C=C/C2=C(C)CC(OC(=O)C(O)C(O)C(=O)O)CC2(C)C)=C(C)C1=O. The number of hydrogen-bond acceptors (Lipinski definition) is 11. The van der Waals surface area contributed by atoms with Crippen LogP contribution < -0.4 is 0 Å². The highest BCUT2D eigenvalue weighted by molar-refractivity contribution is 6.02. The van der Waals surface area contributed by atoms with Crippen LogP contribution in [0.25, 0.3) is 0 Å². The summed E-state index contributed by atoms with van der Waals surface area (Å²) >= 11 is 0. The summed E-state index contributed by atoms with van der Waals surface area (Å²) in [7, 11) is 0. The van der Waals surface area contributed by atoms with E-state index < -0.39 is 71.5 Å². The van der Waals surface area contributed by atoms with Gasteiger partial charge in [0.1, 0.15) is 12.2 Å². The molecular formula is C49H64O12. The zero-order valence-corrected chi connectivity index (χ0v) is 37.3. The van der Waals surface area contributed by atoms with Crippen LogP contribution in [0.3, 0.4) is 0 Å². The molecule has 0 radical (unpaired) electrons. The van der Waals surface area contributed by atoms with Crippen LogP contribution in [-0.2, 0) is 33.4 Å². The molecule has 0 aliphatic heterocycles. The summed E-state index contributed by atoms with van der Waals surface area (Å²) < 4.78 is 10.6. The highest BCUT2D eigenvalue weighted by atomic mass is 16.6. The molecule has 0 aromatic carbocycles. The fourth-order valence-corrected chi connectivity index (χ4v) is 7.05. The number of Topliss-reactive ketones (excluding diaryl/α,β-unsaturated/α-hetero) is 2. The lowest BCUT2D eigenvalue weighted by Crippen LogP contribution is -2.45. The Balaban J connectivity index is 1.98. The van der Waals surface area contributed by atoms with Gasteiger partial charge in [-0.05, 0) is 82.4 Å². The number of esters is 2. The number of carboxylic acids is 1. The average Bonchev–Trinajstić information content (AvgIpc) is 3.16. The van der Waals surface area contributed by atoms with Crippen molar-refractivity contribution < 1.29 is 59.0 Å². The minimum absolute atomic E-state index is 0.172. The van der Waals surface area contributed by atoms with Gasteiger partial charge in [0.15, 0.2) is 36.0 Å². The molecular weight excluding hydrogens is 781 g/mol. The smallest absolute Gasteiger partial charge is 0.338 e. The van der Waals surface area contributed by atoms with E-state index in [1.807, 2.05) is 141 Å². The van der Waals surface area contributed by atoms with Crippen LogP contribution in [0.2, 0.25) is 0 Å². The van der Waals surface area contributed by atoms with E-state index in [9.17, 15) is 44.4 Å². The Kier molecular flexibility index (Phi) is 19.6. The predicted molar refractivity (Wildman–Crippen MR) is 235 cm³/mol. The van der Waals surface area contributed by atoms with Crippen molar-refractivity contribution in [3.8, 4) is 0 Å². The third-order valence-corrected chi connectivity index (χ3v) is 10.5. The van der Waals surface area contributed by atoms with Gasteiger partial charge >= 0.3 is 17.9 Å². The van der Waals surface area contributed by atoms with Crippen LogP contribution in [0.1, 0.15) is 95.4 Å². The molecule has 0 heterocycles. The van der Waals surface area contributed by atoms with Crippen LogP contribution >= 0.6 is 0 Å². The third-order valence-electron chi connectivity index (χ3n) is 10.5. The van der Waals surface area contributed by atoms with Crippen molar-refractivity contribution in [2.45, 2.75) is 132 Å². The van der Waals surface area contributed by atoms with Crippen molar-refractivity contribution in [1.82, 2.24) is 0 Å². The Morgan fingerprint density at radius 1 is 0.607 bits per heavy atom. The minimum atomic E-state index is -2.25. The van der Waals surface area contributed by atoms with E-state index in [1.165, 1.54) is 0 Å². The summed E-state index contributed by atoms with van der Waals surface area (Å²) in [5, 5.41) is 47.8. The maximum absolute atomic E-state index is 13.1. The van der Waals surface area contributed by atoms with Crippen LogP contribution in [0.5, 0.6) is 0 Å². The maximum Gasteiger partial charge on any atom is 0.338 e. The molecule has 61 heavy (non-hydrogen) atoms. The van der Waals surface area contributed by atoms with E-state index in [0.29, 0.717) is 18.4 Å². The standard InChI is InChI=1S/C49H64O12/c1-29(18-14-20-31(3)22-24-37-33(5)26-36(27-48(37,8)9)60-46(58)44(55)42(53)45(56)57)16-12-13-17-30(2)19-15-21-32(4)23-25-38-34(6)40(51)39(28-49(38,10)11)61-47(59)43(54)41(52)35(7)50/h12-25,36,39,41-44,52-55H,26-28H2,1-11H3,(H,56,57)/b13-12+,18-14+,19-15+,24-22+,25-23+,29-16+,30-17+,31-20+,32-21+. The summed E-state index contributed by atoms with van der Waals surface area (Å²) in [5.74, 6) is -5.27. The molecule has 0 fully saturated rings. The summed E-state index contributed by atoms with van der Waals surface area (Å²) in [6, 6.07) is 0. The Bertz CT molecular complexity index is 2020. The molecule has 12 nitrogen and oxygen atoms in total. The van der Waals surface area contributed by atoms with E-state index in [-0.39, 0.29) is 11.8 Å². The van der Waals surface area contributed by atoms with E-state index in [4.69, 9.17) is 14.6 Å². The number of allylic oxidation sites excluding steroid dienone is 20. The van der Waals surface area contributed by atoms with Gasteiger partial charge in [0, 0.05) is 12.8 Å². The zero-order valence-electron chi connectivity index (χ0n) is 37.3. The normalized spacial score (nSPS) is 22.8. The fourth-order valence-electron chi connectivity index (χ4n) is 7.05. The second-order valence-corrected chi connectivity index (χ2v) is 17.1. The second-order valence-electron chi connectivity index (χ2n) is 17.1. The van der Waals surface area contributed by atoms with Gasteiger partial charge in [-0.2, -0.15) is 0 Å². The number of carbonyl (C=O) groups excluding carboxylic acids is 4. The molecule has 0 bridgehead atoms. The summed E-state index contributed by atoms with van der Waals surface area (Å²) in [4.78, 5) is 59.9. The number of rotatable bonds is 18. The highest BCUT2D eigenvalue weighted by Crippen LogP contribution is 2.43. The van der Waals surface area contributed by atoms with Crippen molar-refractivity contribution in [3.05, 3.63) is 130 Å². The molecule has 5 N–H and O–H groups in total. The Hall–Kier alpha value is -5.27. The first-order chi connectivity index (χ1) is 28.3. The third kappa shape index (κ3) is 15.9. The second kappa shape index (κ2) is 23.1. The molecule has 0 amide bonds. The number of aliphatic carboxylic acids is 1. The molecule has 0 saturated carbocycles. The van der Waals surface area contributed by atoms with Crippen molar-refractivity contribution in [3.63, 3.8) is 0 Å². The van der Waals surface area contributed by atoms with Gasteiger partial charge in [0.25, 0.3) is 0 Å². The van der Waals surface area contributed by atoms with Crippen molar-refractivity contribution >= 4 is 29.5 Å². The van der Waals surface area contributed by atoms with E-state index in [2.05, 4.69) is 6.08 Å². The predicted octanol–water partition coefficient (Wildman–Crippen LogP) is 6.95. The lowest BCUT2D eigenvalue weighted by Gasteiger charge is -2.37. The molecule has 6 atom stereocenters. The van der Waals surface area contributed by atoms with E-state index in [0.717, 1.165) is 45.9 Å². The first-order valence-corrected chi connectivity index (χ1v) is 20.2. The first kappa shape index (κ1) is 51.9.